The van der Waals surface area contributed by atoms with Gasteiger partial charge in [0.25, 0.3) is 0 Å². The predicted molar refractivity (Wildman–Crippen MR) is 73.4 cm³/mol. The van der Waals surface area contributed by atoms with E-state index in [1.807, 2.05) is 0 Å². The van der Waals surface area contributed by atoms with E-state index in [2.05, 4.69) is 35.9 Å². The topological polar surface area (TPSA) is 18.5 Å². The summed E-state index contributed by atoms with van der Waals surface area (Å²) in [5.41, 5.74) is 0.479. The van der Waals surface area contributed by atoms with Crippen LogP contribution in [0.15, 0.2) is 0 Å². The van der Waals surface area contributed by atoms with Crippen molar-refractivity contribution >= 4 is 0 Å². The molecule has 100 valence electrons. The lowest BCUT2D eigenvalue weighted by molar-refractivity contribution is 0.168. The highest BCUT2D eigenvalue weighted by Gasteiger charge is 2.28. The molecule has 2 heterocycles. The van der Waals surface area contributed by atoms with Crippen molar-refractivity contribution in [3.8, 4) is 0 Å². The Kier molecular flexibility index (Phi) is 4.45. The Labute approximate surface area is 107 Å². The molecule has 0 radical (unpaired) electrons. The lowest BCUT2D eigenvalue weighted by atomic mass is 9.92. The van der Waals surface area contributed by atoms with E-state index in [4.69, 9.17) is 0 Å². The third kappa shape index (κ3) is 4.23. The minimum absolute atomic E-state index is 0.479. The van der Waals surface area contributed by atoms with Gasteiger partial charge in [-0.05, 0) is 31.3 Å². The predicted octanol–water partition coefficient (Wildman–Crippen LogP) is 1.40. The summed E-state index contributed by atoms with van der Waals surface area (Å²) in [6.07, 6.45) is 2.70. The molecule has 1 N–H and O–H groups in total. The summed E-state index contributed by atoms with van der Waals surface area (Å²) in [4.78, 5) is 5.35. The fourth-order valence-electron chi connectivity index (χ4n) is 2.85. The van der Waals surface area contributed by atoms with Gasteiger partial charge in [0.15, 0.2) is 0 Å². The highest BCUT2D eigenvalue weighted by Crippen LogP contribution is 2.22. The van der Waals surface area contributed by atoms with Crippen molar-refractivity contribution < 1.29 is 0 Å². The number of nitrogens with one attached hydrogen (secondary N) is 1. The van der Waals surface area contributed by atoms with Gasteiger partial charge < -0.3 is 10.2 Å². The SMILES string of the molecule is CC(C)(C)CCN1CCC(N2CCNCC2)C1. The van der Waals surface area contributed by atoms with Gasteiger partial charge in [-0.1, -0.05) is 20.8 Å². The van der Waals surface area contributed by atoms with Gasteiger partial charge in [0.2, 0.25) is 0 Å². The second kappa shape index (κ2) is 5.68. The number of hydrogen-bond donors (Lipinski definition) is 1. The average molecular weight is 239 g/mol. The van der Waals surface area contributed by atoms with Crippen LogP contribution in [0.4, 0.5) is 0 Å². The average Bonchev–Trinajstić information content (AvgIpc) is 2.75. The maximum atomic E-state index is 3.44. The molecule has 1 unspecified atom stereocenters. The van der Waals surface area contributed by atoms with E-state index in [9.17, 15) is 0 Å². The summed E-state index contributed by atoms with van der Waals surface area (Å²) in [6.45, 7) is 15.8. The quantitative estimate of drug-likeness (QED) is 0.803. The van der Waals surface area contributed by atoms with E-state index in [-0.39, 0.29) is 0 Å². The molecule has 2 aliphatic rings. The van der Waals surface area contributed by atoms with Crippen LogP contribution < -0.4 is 5.32 Å². The first-order chi connectivity index (χ1) is 8.04. The van der Waals surface area contributed by atoms with Crippen LogP contribution in [0.2, 0.25) is 0 Å². The van der Waals surface area contributed by atoms with Crippen LogP contribution in [0.1, 0.15) is 33.6 Å². The number of piperazine rings is 1. The van der Waals surface area contributed by atoms with Crippen molar-refractivity contribution in [2.24, 2.45) is 5.41 Å². The van der Waals surface area contributed by atoms with Crippen molar-refractivity contribution in [3.63, 3.8) is 0 Å². The van der Waals surface area contributed by atoms with E-state index >= 15 is 0 Å². The first-order valence-corrected chi connectivity index (χ1v) is 7.22. The van der Waals surface area contributed by atoms with Crippen molar-refractivity contribution in [1.29, 1.82) is 0 Å². The van der Waals surface area contributed by atoms with Crippen molar-refractivity contribution in [2.75, 3.05) is 45.8 Å². The molecule has 2 fully saturated rings. The highest BCUT2D eigenvalue weighted by molar-refractivity contribution is 4.86. The zero-order valence-electron chi connectivity index (χ0n) is 11.8. The molecule has 0 aromatic heterocycles. The zero-order chi connectivity index (χ0) is 12.3. The van der Waals surface area contributed by atoms with Gasteiger partial charge in [0, 0.05) is 38.8 Å². The molecule has 3 nitrogen and oxygen atoms in total. The third-order valence-corrected chi connectivity index (χ3v) is 4.09. The van der Waals surface area contributed by atoms with Crippen molar-refractivity contribution in [1.82, 2.24) is 15.1 Å². The van der Waals surface area contributed by atoms with E-state index in [0.717, 1.165) is 6.04 Å². The second-order valence-electron chi connectivity index (χ2n) is 6.84. The summed E-state index contributed by atoms with van der Waals surface area (Å²) < 4.78 is 0. The molecule has 2 saturated heterocycles. The molecule has 3 heteroatoms. The van der Waals surface area contributed by atoms with Crippen molar-refractivity contribution in [3.05, 3.63) is 0 Å². The first kappa shape index (κ1) is 13.3. The molecule has 0 bridgehead atoms. The molecule has 0 amide bonds. The van der Waals surface area contributed by atoms with E-state index < -0.39 is 0 Å². The number of likely N-dealkylation sites (tertiary alicyclic amines) is 1. The molecule has 2 aliphatic heterocycles. The molecular weight excluding hydrogens is 210 g/mol. The van der Waals surface area contributed by atoms with Crippen LogP contribution in [0.25, 0.3) is 0 Å². The lowest BCUT2D eigenvalue weighted by Gasteiger charge is -2.33. The molecule has 17 heavy (non-hydrogen) atoms. The Balaban J connectivity index is 1.71. The molecule has 0 aromatic carbocycles. The summed E-state index contributed by atoms with van der Waals surface area (Å²) in [5.74, 6) is 0. The van der Waals surface area contributed by atoms with Crippen molar-refractivity contribution in [2.45, 2.75) is 39.7 Å². The molecule has 0 aromatic rings. The van der Waals surface area contributed by atoms with Crippen LogP contribution in [0, 0.1) is 5.41 Å². The monoisotopic (exact) mass is 239 g/mol. The van der Waals surface area contributed by atoms with Crippen LogP contribution in [0.3, 0.4) is 0 Å². The number of hydrogen-bond acceptors (Lipinski definition) is 3. The summed E-state index contributed by atoms with van der Waals surface area (Å²) >= 11 is 0. The van der Waals surface area contributed by atoms with Crippen LogP contribution in [-0.2, 0) is 0 Å². The van der Waals surface area contributed by atoms with Gasteiger partial charge in [-0.2, -0.15) is 0 Å². The van der Waals surface area contributed by atoms with Gasteiger partial charge in [-0.3, -0.25) is 4.90 Å². The number of rotatable bonds is 3. The lowest BCUT2D eigenvalue weighted by Crippen LogP contribution is -2.49. The summed E-state index contributed by atoms with van der Waals surface area (Å²) in [5, 5.41) is 3.44. The largest absolute Gasteiger partial charge is 0.314 e. The molecule has 0 saturated carbocycles. The molecule has 2 rings (SSSR count). The minimum atomic E-state index is 0.479. The van der Waals surface area contributed by atoms with Gasteiger partial charge in [0.05, 0.1) is 0 Å². The smallest absolute Gasteiger partial charge is 0.0236 e. The third-order valence-electron chi connectivity index (χ3n) is 4.09. The molecule has 0 spiro atoms. The van der Waals surface area contributed by atoms with Gasteiger partial charge in [0.1, 0.15) is 0 Å². The van der Waals surface area contributed by atoms with E-state index in [1.54, 1.807) is 0 Å². The van der Waals surface area contributed by atoms with Crippen LogP contribution in [0.5, 0.6) is 0 Å². The minimum Gasteiger partial charge on any atom is -0.314 e. The van der Waals surface area contributed by atoms with Gasteiger partial charge in [-0.25, -0.2) is 0 Å². The van der Waals surface area contributed by atoms with E-state index in [1.165, 1.54) is 58.7 Å². The molecular formula is C14H29N3. The van der Waals surface area contributed by atoms with Gasteiger partial charge in [-0.15, -0.1) is 0 Å². The second-order valence-corrected chi connectivity index (χ2v) is 6.84. The summed E-state index contributed by atoms with van der Waals surface area (Å²) in [6, 6.07) is 0.831. The normalized spacial score (nSPS) is 28.8. The van der Waals surface area contributed by atoms with Crippen LogP contribution in [-0.4, -0.2) is 61.7 Å². The fourth-order valence-corrected chi connectivity index (χ4v) is 2.85. The van der Waals surface area contributed by atoms with E-state index in [0.29, 0.717) is 5.41 Å². The molecule has 0 aliphatic carbocycles. The first-order valence-electron chi connectivity index (χ1n) is 7.22. The van der Waals surface area contributed by atoms with Crippen LogP contribution >= 0.6 is 0 Å². The Bertz CT molecular complexity index is 228. The Morgan fingerprint density at radius 2 is 1.82 bits per heavy atom. The van der Waals surface area contributed by atoms with Gasteiger partial charge >= 0.3 is 0 Å². The summed E-state index contributed by atoms with van der Waals surface area (Å²) in [7, 11) is 0. The Morgan fingerprint density at radius 3 is 2.47 bits per heavy atom. The molecule has 1 atom stereocenters. The maximum Gasteiger partial charge on any atom is 0.0236 e. The highest BCUT2D eigenvalue weighted by atomic mass is 15.3. The Hall–Kier alpha value is -0.120. The zero-order valence-corrected chi connectivity index (χ0v) is 11.8. The fraction of sp³-hybridized carbons (Fsp3) is 1.00. The standard InChI is InChI=1S/C14H29N3/c1-14(2,3)5-9-16-8-4-13(12-16)17-10-6-15-7-11-17/h13,15H,4-12H2,1-3H3. The number of nitrogens with zero attached hydrogens (tertiary/aromatic N) is 2. The Morgan fingerprint density at radius 1 is 1.12 bits per heavy atom. The maximum absolute atomic E-state index is 3.44.